The van der Waals surface area contributed by atoms with Gasteiger partial charge < -0.3 is 19.7 Å². The van der Waals surface area contributed by atoms with E-state index in [-0.39, 0.29) is 10.8 Å². The molecule has 0 atom stereocenters. The summed E-state index contributed by atoms with van der Waals surface area (Å²) in [6.07, 6.45) is 0. The Kier molecular flexibility index (Phi) is 4.25. The Labute approximate surface area is 199 Å². The first-order chi connectivity index (χ1) is 15.1. The topological polar surface area (TPSA) is 69.9 Å². The fourth-order valence-electron chi connectivity index (χ4n) is 5.60. The van der Waals surface area contributed by atoms with Crippen LogP contribution in [0.15, 0.2) is 18.2 Å². The first-order valence-electron chi connectivity index (χ1n) is 10.5. The number of rotatable bonds is 3. The summed E-state index contributed by atoms with van der Waals surface area (Å²) < 4.78 is 7.21. The van der Waals surface area contributed by atoms with Crippen molar-refractivity contribution in [3.8, 4) is 25.3 Å². The Balaban J connectivity index is 1.66. The molecule has 6 rings (SSSR count). The third-order valence-electron chi connectivity index (χ3n) is 7.09. The third kappa shape index (κ3) is 2.44. The summed E-state index contributed by atoms with van der Waals surface area (Å²) in [5.41, 5.74) is 7.30. The first kappa shape index (κ1) is 21.0. The smallest absolute Gasteiger partial charge is 0.530 e. The lowest BCUT2D eigenvalue weighted by atomic mass is 9.78. The van der Waals surface area contributed by atoms with E-state index in [9.17, 15) is 10.0 Å². The molecule has 1 aromatic carbocycles. The molecule has 4 nitrogen and oxygen atoms in total. The summed E-state index contributed by atoms with van der Waals surface area (Å²) >= 11 is 4.91. The molecule has 161 valence electrons. The molecule has 3 N–H and O–H groups in total. The van der Waals surface area contributed by atoms with Crippen LogP contribution in [0.25, 0.3) is 30.3 Å². The van der Waals surface area contributed by atoms with E-state index < -0.39 is 7.12 Å². The number of hydrogen-bond acceptors (Lipinski definition) is 7. The van der Waals surface area contributed by atoms with Crippen molar-refractivity contribution in [2.24, 2.45) is 0 Å². The maximum absolute atomic E-state index is 9.75. The number of thiophene rings is 3. The van der Waals surface area contributed by atoms with Gasteiger partial charge in [0.05, 0.1) is 0 Å². The number of benzene rings is 1. The van der Waals surface area contributed by atoms with Crippen molar-refractivity contribution < 1.29 is 19.7 Å². The Morgan fingerprint density at radius 1 is 0.875 bits per heavy atom. The predicted molar refractivity (Wildman–Crippen MR) is 136 cm³/mol. The second-order valence-corrected chi connectivity index (χ2v) is 12.8. The third-order valence-corrected chi connectivity index (χ3v) is 10.7. The van der Waals surface area contributed by atoms with E-state index in [1.54, 1.807) is 11.3 Å². The molecule has 1 radical (unpaired) electrons. The highest BCUT2D eigenvalue weighted by Gasteiger charge is 2.45. The molecule has 2 aliphatic carbocycles. The van der Waals surface area contributed by atoms with Crippen molar-refractivity contribution in [2.75, 3.05) is 0 Å². The molecule has 0 spiro atoms. The molecular formula is C23H21B2O4S3. The average molecular weight is 479 g/mol. The number of aryl methyl sites for hydroxylation is 1. The van der Waals surface area contributed by atoms with Gasteiger partial charge in [0.15, 0.2) is 5.06 Å². The molecule has 0 bridgehead atoms. The minimum absolute atomic E-state index is 0.185. The van der Waals surface area contributed by atoms with Crippen molar-refractivity contribution in [3.05, 3.63) is 46.0 Å². The molecule has 32 heavy (non-hydrogen) atoms. The van der Waals surface area contributed by atoms with Gasteiger partial charge in [-0.25, -0.2) is 0 Å². The van der Waals surface area contributed by atoms with E-state index in [4.69, 9.17) is 9.68 Å². The summed E-state index contributed by atoms with van der Waals surface area (Å²) in [4.78, 5) is 3.65. The van der Waals surface area contributed by atoms with Crippen LogP contribution < -0.4 is 9.43 Å². The molecule has 4 aromatic rings. The molecule has 0 saturated heterocycles. The summed E-state index contributed by atoms with van der Waals surface area (Å²) in [5.74, 6) is 0. The summed E-state index contributed by atoms with van der Waals surface area (Å²) in [5, 5.41) is 30.6. The van der Waals surface area contributed by atoms with Crippen molar-refractivity contribution >= 4 is 63.7 Å². The molecule has 3 heterocycles. The second-order valence-electron chi connectivity index (χ2n) is 9.67. The van der Waals surface area contributed by atoms with Crippen molar-refractivity contribution in [2.45, 2.75) is 45.4 Å². The van der Waals surface area contributed by atoms with Crippen molar-refractivity contribution in [1.82, 2.24) is 0 Å². The van der Waals surface area contributed by atoms with Gasteiger partial charge in [-0.15, -0.1) is 34.0 Å². The van der Waals surface area contributed by atoms with Gasteiger partial charge in [-0.1, -0.05) is 27.7 Å². The molecular weight excluding hydrogens is 458 g/mol. The van der Waals surface area contributed by atoms with E-state index in [0.29, 0.717) is 9.84 Å². The number of hydrogen-bond donors (Lipinski definition) is 3. The van der Waals surface area contributed by atoms with Gasteiger partial charge in [-0.3, -0.25) is 0 Å². The van der Waals surface area contributed by atoms with Crippen LogP contribution in [-0.4, -0.2) is 29.9 Å². The van der Waals surface area contributed by atoms with Crippen LogP contribution in [-0.2, 0) is 10.8 Å². The first-order valence-corrected chi connectivity index (χ1v) is 12.9. The van der Waals surface area contributed by atoms with Crippen LogP contribution in [0.5, 0.6) is 5.06 Å². The van der Waals surface area contributed by atoms with Crippen molar-refractivity contribution in [1.29, 1.82) is 0 Å². The van der Waals surface area contributed by atoms with E-state index in [1.165, 1.54) is 69.4 Å². The Morgan fingerprint density at radius 3 is 2.25 bits per heavy atom. The van der Waals surface area contributed by atoms with Crippen LogP contribution in [0.2, 0.25) is 0 Å². The maximum Gasteiger partial charge on any atom is 0.569 e. The van der Waals surface area contributed by atoms with Gasteiger partial charge in [0.1, 0.15) is 0 Å². The lowest BCUT2D eigenvalue weighted by Gasteiger charge is -2.24. The van der Waals surface area contributed by atoms with E-state index in [0.717, 1.165) is 7.69 Å². The molecule has 0 amide bonds. The quantitative estimate of drug-likeness (QED) is 0.378. The standard InChI is InChI=1S/C23H21B2O4S3/c1-9-6-10-16-21(20-11(22(16,2)3)7-13(30-20)25(27)28)32-18(10)17-15(9)19-12(23(17,4)5)8-14(31-19)29-24-26/h6-8,26-28H,1-5H3. The fraction of sp³-hybridized carbons (Fsp3) is 0.304. The summed E-state index contributed by atoms with van der Waals surface area (Å²) in [6, 6.07) is 6.34. The predicted octanol–water partition coefficient (Wildman–Crippen LogP) is 4.53. The minimum Gasteiger partial charge on any atom is -0.530 e. The van der Waals surface area contributed by atoms with Crippen LogP contribution in [0.1, 0.15) is 55.5 Å². The Bertz CT molecular complexity index is 1440. The highest BCUT2D eigenvalue weighted by molar-refractivity contribution is 7.30. The largest absolute Gasteiger partial charge is 0.569 e. The normalized spacial score (nSPS) is 16.6. The van der Waals surface area contributed by atoms with Gasteiger partial charge >= 0.3 is 14.8 Å². The van der Waals surface area contributed by atoms with E-state index >= 15 is 0 Å². The molecule has 0 unspecified atom stereocenters. The maximum atomic E-state index is 9.75. The molecule has 2 aliphatic rings. The summed E-state index contributed by atoms with van der Waals surface area (Å²) in [6.45, 7) is 11.2. The second kappa shape index (κ2) is 6.50. The van der Waals surface area contributed by atoms with Gasteiger partial charge in [0.2, 0.25) is 0 Å². The summed E-state index contributed by atoms with van der Waals surface area (Å²) in [7, 11) is -0.694. The number of fused-ring (bicyclic) bond motifs is 9. The zero-order valence-corrected chi connectivity index (χ0v) is 20.8. The van der Waals surface area contributed by atoms with E-state index in [2.05, 4.69) is 46.8 Å². The zero-order chi connectivity index (χ0) is 22.7. The lowest BCUT2D eigenvalue weighted by molar-refractivity contribution is 0.427. The van der Waals surface area contributed by atoms with Crippen LogP contribution in [0, 0.1) is 6.92 Å². The Morgan fingerprint density at radius 2 is 1.56 bits per heavy atom. The van der Waals surface area contributed by atoms with Crippen LogP contribution in [0.4, 0.5) is 0 Å². The van der Waals surface area contributed by atoms with Gasteiger partial charge in [0.25, 0.3) is 0 Å². The molecule has 9 heteroatoms. The lowest BCUT2D eigenvalue weighted by Crippen LogP contribution is -2.27. The highest BCUT2D eigenvalue weighted by Crippen LogP contribution is 2.62. The average Bonchev–Trinajstić information content (AvgIpc) is 3.45. The molecule has 0 fully saturated rings. The molecule has 3 aromatic heterocycles. The molecule has 0 aliphatic heterocycles. The SMILES string of the molecule is Cc1cc2c3c(sc2c2c1-c1sc(O[B]O)cc1C2(C)C)-c1sc(B(O)O)cc1C3(C)C. The zero-order valence-electron chi connectivity index (χ0n) is 18.4. The van der Waals surface area contributed by atoms with Gasteiger partial charge in [0, 0.05) is 40.5 Å². The monoisotopic (exact) mass is 479 g/mol. The Hall–Kier alpha value is -1.61. The molecule has 0 saturated carbocycles. The fourth-order valence-corrected chi connectivity index (χ4v) is 9.85. The van der Waals surface area contributed by atoms with Gasteiger partial charge in [-0.05, 0) is 58.3 Å². The van der Waals surface area contributed by atoms with E-state index in [1.807, 2.05) is 17.4 Å². The van der Waals surface area contributed by atoms with Crippen molar-refractivity contribution in [3.63, 3.8) is 0 Å². The highest BCUT2D eigenvalue weighted by atomic mass is 32.1. The minimum atomic E-state index is -1.44. The van der Waals surface area contributed by atoms with Gasteiger partial charge in [-0.2, -0.15) is 0 Å². The van der Waals surface area contributed by atoms with Crippen LogP contribution >= 0.6 is 34.0 Å². The van der Waals surface area contributed by atoms with Crippen LogP contribution in [0.3, 0.4) is 0 Å².